The van der Waals surface area contributed by atoms with E-state index in [4.69, 9.17) is 9.47 Å². The number of likely N-dealkylation sites (tertiary alicyclic amines) is 1. The molecule has 9 heteroatoms. The summed E-state index contributed by atoms with van der Waals surface area (Å²) in [4.78, 5) is 34.7. The van der Waals surface area contributed by atoms with Crippen molar-refractivity contribution in [1.82, 2.24) is 15.1 Å². The van der Waals surface area contributed by atoms with E-state index in [1.165, 1.54) is 38.1 Å². The highest BCUT2D eigenvalue weighted by atomic mass is 32.2. The van der Waals surface area contributed by atoms with Crippen LogP contribution in [-0.4, -0.2) is 67.2 Å². The first-order valence-corrected chi connectivity index (χ1v) is 12.6. The maximum atomic E-state index is 12.8. The van der Waals surface area contributed by atoms with Crippen LogP contribution in [0.15, 0.2) is 51.6 Å². The molecule has 0 unspecified atom stereocenters. The zero-order valence-electron chi connectivity index (χ0n) is 20.0. The van der Waals surface area contributed by atoms with Gasteiger partial charge in [-0.3, -0.25) is 4.79 Å². The Hall–Kier alpha value is -2.78. The van der Waals surface area contributed by atoms with Gasteiger partial charge in [-0.1, -0.05) is 30.3 Å². The Morgan fingerprint density at radius 1 is 1.21 bits per heavy atom. The van der Waals surface area contributed by atoms with Crippen LogP contribution >= 0.6 is 11.8 Å². The van der Waals surface area contributed by atoms with Crippen LogP contribution in [-0.2, 0) is 14.3 Å². The summed E-state index contributed by atoms with van der Waals surface area (Å²) >= 11 is 1.46. The van der Waals surface area contributed by atoms with Crippen LogP contribution in [0.3, 0.4) is 0 Å². The highest BCUT2D eigenvalue weighted by molar-refractivity contribution is 8.16. The second-order valence-corrected chi connectivity index (χ2v) is 9.43. The summed E-state index contributed by atoms with van der Waals surface area (Å²) in [6.07, 6.45) is 3.97. The molecule has 8 nitrogen and oxygen atoms in total. The lowest BCUT2D eigenvalue weighted by atomic mass is 9.93. The molecule has 1 aromatic rings. The highest BCUT2D eigenvalue weighted by Gasteiger charge is 2.41. The van der Waals surface area contributed by atoms with Gasteiger partial charge < -0.3 is 24.6 Å². The lowest BCUT2D eigenvalue weighted by molar-refractivity contribution is -0.136. The Morgan fingerprint density at radius 3 is 2.74 bits per heavy atom. The largest absolute Gasteiger partial charge is 0.497 e. The molecule has 0 saturated carbocycles. The fourth-order valence-electron chi connectivity index (χ4n) is 4.63. The molecule has 3 aliphatic heterocycles. The van der Waals surface area contributed by atoms with Gasteiger partial charge in [0.15, 0.2) is 5.17 Å². The Bertz CT molecular complexity index is 1030. The maximum Gasteiger partial charge on any atom is 0.338 e. The van der Waals surface area contributed by atoms with Crippen LogP contribution in [0.1, 0.15) is 44.2 Å². The molecular weight excluding hydrogens is 452 g/mol. The quantitative estimate of drug-likeness (QED) is 0.566. The first-order valence-electron chi connectivity index (χ1n) is 11.7. The van der Waals surface area contributed by atoms with Crippen LogP contribution in [0, 0.1) is 0 Å². The number of piperidine rings is 1. The van der Waals surface area contributed by atoms with E-state index in [2.05, 4.69) is 15.2 Å². The van der Waals surface area contributed by atoms with E-state index >= 15 is 0 Å². The first kappa shape index (κ1) is 24.3. The number of nitrogens with zero attached hydrogens (tertiary/aromatic N) is 3. The molecule has 1 saturated heterocycles. The molecule has 1 amide bonds. The summed E-state index contributed by atoms with van der Waals surface area (Å²) in [6, 6.07) is 7.15. The van der Waals surface area contributed by atoms with Gasteiger partial charge in [0.25, 0.3) is 0 Å². The first-order chi connectivity index (χ1) is 16.5. The molecule has 3 aliphatic rings. The van der Waals surface area contributed by atoms with Crippen LogP contribution in [0.2, 0.25) is 0 Å². The van der Waals surface area contributed by atoms with Crippen LogP contribution in [0.4, 0.5) is 0 Å². The third kappa shape index (κ3) is 5.31. The monoisotopic (exact) mass is 484 g/mol. The number of ether oxygens (including phenoxy) is 2. The van der Waals surface area contributed by atoms with Crippen LogP contribution in [0.25, 0.3) is 0 Å². The Balaban J connectivity index is 1.52. The summed E-state index contributed by atoms with van der Waals surface area (Å²) in [6.45, 7) is 5.53. The zero-order chi connectivity index (χ0) is 24.1. The van der Waals surface area contributed by atoms with Crippen molar-refractivity contribution in [2.75, 3.05) is 40.4 Å². The number of esters is 1. The number of carbonyl (C=O) groups is 2. The van der Waals surface area contributed by atoms with Crippen LogP contribution < -0.4 is 10.1 Å². The molecule has 0 spiro atoms. The van der Waals surface area contributed by atoms with Crippen molar-refractivity contribution in [2.24, 2.45) is 4.99 Å². The SMILES string of the molecule is COC(=O)C1=C(C)N=C2SC=C(CC(=O)NCCN3CCCCC3)N2[C@H]1c1cccc(OC)c1. The summed E-state index contributed by atoms with van der Waals surface area (Å²) in [5.41, 5.74) is 2.74. The number of thioether (sulfide) groups is 1. The topological polar surface area (TPSA) is 83.5 Å². The summed E-state index contributed by atoms with van der Waals surface area (Å²) in [7, 11) is 2.98. The van der Waals surface area contributed by atoms with Crippen molar-refractivity contribution >= 4 is 28.8 Å². The molecule has 0 aliphatic carbocycles. The number of amides is 1. The number of methoxy groups -OCH3 is 2. The van der Waals surface area contributed by atoms with Gasteiger partial charge in [-0.05, 0) is 56.0 Å². The molecule has 4 rings (SSSR count). The molecule has 0 bridgehead atoms. The smallest absolute Gasteiger partial charge is 0.338 e. The Kier molecular flexibility index (Phi) is 7.95. The van der Waals surface area contributed by atoms with Crippen molar-refractivity contribution in [1.29, 1.82) is 0 Å². The van der Waals surface area contributed by atoms with E-state index in [0.717, 1.165) is 36.1 Å². The molecular formula is C25H32N4O4S. The third-order valence-electron chi connectivity index (χ3n) is 6.36. The van der Waals surface area contributed by atoms with E-state index in [-0.39, 0.29) is 12.3 Å². The number of hydrogen-bond acceptors (Lipinski definition) is 8. The minimum absolute atomic E-state index is 0.0413. The number of carbonyl (C=O) groups excluding carboxylic acids is 2. The van der Waals surface area contributed by atoms with Gasteiger partial charge >= 0.3 is 5.97 Å². The van der Waals surface area contributed by atoms with Gasteiger partial charge in [0, 0.05) is 18.8 Å². The van der Waals surface area contributed by atoms with Crippen molar-refractivity contribution in [3.8, 4) is 5.75 Å². The van der Waals surface area contributed by atoms with Gasteiger partial charge in [-0.2, -0.15) is 0 Å². The van der Waals surface area contributed by atoms with E-state index in [1.54, 1.807) is 7.11 Å². The zero-order valence-corrected chi connectivity index (χ0v) is 20.8. The summed E-state index contributed by atoms with van der Waals surface area (Å²) in [5, 5.41) is 5.75. The average Bonchev–Trinajstić information content (AvgIpc) is 3.25. The normalized spacial score (nSPS) is 20.4. The number of rotatable bonds is 8. The average molecular weight is 485 g/mol. The molecule has 0 radical (unpaired) electrons. The Labute approximate surface area is 205 Å². The number of benzene rings is 1. The van der Waals surface area contributed by atoms with Crippen molar-refractivity contribution < 1.29 is 19.1 Å². The number of nitrogens with one attached hydrogen (secondary N) is 1. The molecule has 1 aromatic carbocycles. The lowest BCUT2D eigenvalue weighted by Crippen LogP contribution is -2.39. The highest BCUT2D eigenvalue weighted by Crippen LogP contribution is 2.45. The van der Waals surface area contributed by atoms with Gasteiger partial charge in [-0.15, -0.1) is 0 Å². The minimum atomic E-state index is -0.461. The predicted octanol–water partition coefficient (Wildman–Crippen LogP) is 3.44. The number of allylic oxidation sites excluding steroid dienone is 1. The fourth-order valence-corrected chi connectivity index (χ4v) is 5.60. The van der Waals surface area contributed by atoms with Crippen molar-refractivity contribution in [3.05, 3.63) is 52.2 Å². The summed E-state index contributed by atoms with van der Waals surface area (Å²) in [5.74, 6) is 0.215. The number of amidine groups is 1. The second kappa shape index (κ2) is 11.1. The van der Waals surface area contributed by atoms with E-state index in [0.29, 0.717) is 23.6 Å². The molecule has 34 heavy (non-hydrogen) atoms. The van der Waals surface area contributed by atoms with Gasteiger partial charge in [0.1, 0.15) is 5.75 Å². The summed E-state index contributed by atoms with van der Waals surface area (Å²) < 4.78 is 10.5. The molecule has 1 atom stereocenters. The van der Waals surface area contributed by atoms with Gasteiger partial charge in [0.2, 0.25) is 5.91 Å². The fraction of sp³-hybridized carbons (Fsp3) is 0.480. The van der Waals surface area contributed by atoms with Crippen LogP contribution in [0.5, 0.6) is 5.75 Å². The van der Waals surface area contributed by atoms with Gasteiger partial charge in [0.05, 0.1) is 38.0 Å². The molecule has 0 aromatic heterocycles. The third-order valence-corrected chi connectivity index (χ3v) is 7.24. The van der Waals surface area contributed by atoms with Crippen molar-refractivity contribution in [2.45, 2.75) is 38.6 Å². The maximum absolute atomic E-state index is 12.8. The lowest BCUT2D eigenvalue weighted by Gasteiger charge is -2.36. The molecule has 3 heterocycles. The molecule has 1 N–H and O–H groups in total. The number of aliphatic imine (C=N–C) groups is 1. The molecule has 182 valence electrons. The number of hydrogen-bond donors (Lipinski definition) is 1. The minimum Gasteiger partial charge on any atom is -0.497 e. The molecule has 1 fully saturated rings. The van der Waals surface area contributed by atoms with Gasteiger partial charge in [-0.25, -0.2) is 9.79 Å². The standard InChI is InChI=1S/C25H32N4O4S/c1-17-22(24(31)33-3)23(18-8-7-9-20(14-18)32-2)29-19(16-34-25(29)27-17)15-21(30)26-10-13-28-11-5-4-6-12-28/h7-9,14,16,23H,4-6,10-13,15H2,1-3H3,(H,26,30)/t23-/m0/s1. The predicted molar refractivity (Wildman–Crippen MR) is 133 cm³/mol. The van der Waals surface area contributed by atoms with E-state index < -0.39 is 12.0 Å². The van der Waals surface area contributed by atoms with Crippen molar-refractivity contribution in [3.63, 3.8) is 0 Å². The second-order valence-electron chi connectivity index (χ2n) is 8.59. The van der Waals surface area contributed by atoms with E-state index in [1.807, 2.05) is 41.5 Å². The number of fused-ring (bicyclic) bond motifs is 1. The van der Waals surface area contributed by atoms with E-state index in [9.17, 15) is 9.59 Å². The Morgan fingerprint density at radius 2 is 2.00 bits per heavy atom.